The average molecular weight is 381 g/mol. The zero-order chi connectivity index (χ0) is 19.7. The van der Waals surface area contributed by atoms with Crippen LogP contribution in [0, 0.1) is 6.92 Å². The molecule has 1 saturated heterocycles. The van der Waals surface area contributed by atoms with Crippen molar-refractivity contribution >= 4 is 16.9 Å². The Labute approximate surface area is 162 Å². The third-order valence-corrected chi connectivity index (χ3v) is 5.07. The fourth-order valence-corrected chi connectivity index (χ4v) is 3.66. The molecule has 0 unspecified atom stereocenters. The van der Waals surface area contributed by atoms with Gasteiger partial charge in [0.15, 0.2) is 5.65 Å². The molecule has 2 aromatic heterocycles. The molecule has 0 radical (unpaired) electrons. The summed E-state index contributed by atoms with van der Waals surface area (Å²) in [6.07, 6.45) is 0. The number of fused-ring (bicyclic) bond motifs is 1. The summed E-state index contributed by atoms with van der Waals surface area (Å²) >= 11 is 0. The molecular formula is C20H23N5O3. The molecule has 0 spiro atoms. The van der Waals surface area contributed by atoms with Gasteiger partial charge in [-0.15, -0.1) is 0 Å². The molecule has 4 rings (SSSR count). The van der Waals surface area contributed by atoms with Gasteiger partial charge in [-0.3, -0.25) is 9.89 Å². The highest BCUT2D eigenvalue weighted by Gasteiger charge is 2.29. The van der Waals surface area contributed by atoms with Crippen molar-refractivity contribution in [2.75, 3.05) is 33.4 Å². The molecule has 146 valence electrons. The van der Waals surface area contributed by atoms with Gasteiger partial charge >= 0.3 is 0 Å². The topological polar surface area (TPSA) is 103 Å². The zero-order valence-electron chi connectivity index (χ0n) is 15.9. The molecule has 1 atom stereocenters. The Morgan fingerprint density at radius 2 is 2.14 bits per heavy atom. The number of H-pyrrole nitrogens is 1. The van der Waals surface area contributed by atoms with Crippen molar-refractivity contribution in [1.82, 2.24) is 25.4 Å². The lowest BCUT2D eigenvalue weighted by Crippen LogP contribution is -2.55. The maximum atomic E-state index is 13.5. The van der Waals surface area contributed by atoms with Crippen molar-refractivity contribution in [2.24, 2.45) is 0 Å². The lowest BCUT2D eigenvalue weighted by atomic mass is 10.0. The number of hydrogen-bond donors (Lipinski definition) is 3. The van der Waals surface area contributed by atoms with Crippen molar-refractivity contribution < 1.29 is 14.6 Å². The van der Waals surface area contributed by atoms with Gasteiger partial charge in [0.25, 0.3) is 5.91 Å². The van der Waals surface area contributed by atoms with Gasteiger partial charge in [0, 0.05) is 32.3 Å². The number of methoxy groups -OCH3 is 1. The van der Waals surface area contributed by atoms with E-state index in [4.69, 9.17) is 4.74 Å². The number of nitrogens with zero attached hydrogens (tertiary/aromatic N) is 3. The van der Waals surface area contributed by atoms with Gasteiger partial charge in [-0.25, -0.2) is 4.98 Å². The molecule has 28 heavy (non-hydrogen) atoms. The number of pyridine rings is 1. The van der Waals surface area contributed by atoms with Gasteiger partial charge in [0.2, 0.25) is 0 Å². The van der Waals surface area contributed by atoms with E-state index < -0.39 is 0 Å². The van der Waals surface area contributed by atoms with Crippen LogP contribution in [0.4, 0.5) is 0 Å². The number of carbonyl (C=O) groups is 1. The van der Waals surface area contributed by atoms with Crippen molar-refractivity contribution in [3.05, 3.63) is 41.6 Å². The molecule has 1 aliphatic heterocycles. The van der Waals surface area contributed by atoms with E-state index >= 15 is 0 Å². The Hall–Kier alpha value is -2.97. The first-order valence-corrected chi connectivity index (χ1v) is 9.24. The number of carbonyl (C=O) groups excluding carboxylic acids is 1. The number of piperazine rings is 1. The third-order valence-electron chi connectivity index (χ3n) is 5.07. The predicted octanol–water partition coefficient (Wildman–Crippen LogP) is 1.70. The van der Waals surface area contributed by atoms with Gasteiger partial charge in [-0.2, -0.15) is 5.10 Å². The number of aromatic hydroxyl groups is 1. The van der Waals surface area contributed by atoms with Crippen LogP contribution in [0.3, 0.4) is 0 Å². The molecular weight excluding hydrogens is 358 g/mol. The average Bonchev–Trinajstić information content (AvgIpc) is 3.09. The molecule has 1 fully saturated rings. The second-order valence-corrected chi connectivity index (χ2v) is 6.95. The van der Waals surface area contributed by atoms with Crippen molar-refractivity contribution in [3.8, 4) is 17.0 Å². The highest BCUT2D eigenvalue weighted by Crippen LogP contribution is 2.28. The molecule has 3 aromatic rings. The zero-order valence-corrected chi connectivity index (χ0v) is 15.9. The smallest absolute Gasteiger partial charge is 0.255 e. The molecule has 1 aromatic carbocycles. The number of rotatable bonds is 4. The summed E-state index contributed by atoms with van der Waals surface area (Å²) in [5.41, 5.74) is 3.35. The number of phenolic OH excluding ortho intramolecular Hbond substituents is 1. The Kier molecular flexibility index (Phi) is 4.97. The highest BCUT2D eigenvalue weighted by atomic mass is 16.5. The van der Waals surface area contributed by atoms with Crippen LogP contribution < -0.4 is 5.32 Å². The summed E-state index contributed by atoms with van der Waals surface area (Å²) in [6, 6.07) is 8.54. The lowest BCUT2D eigenvalue weighted by Gasteiger charge is -2.36. The fourth-order valence-electron chi connectivity index (χ4n) is 3.66. The molecule has 8 heteroatoms. The first-order valence-electron chi connectivity index (χ1n) is 9.24. The molecule has 8 nitrogen and oxygen atoms in total. The summed E-state index contributed by atoms with van der Waals surface area (Å²) in [5.74, 6) is 0.127. The number of ether oxygens (including phenoxy) is 1. The number of amides is 1. The maximum Gasteiger partial charge on any atom is 0.255 e. The molecule has 0 bridgehead atoms. The minimum atomic E-state index is -0.0551. The molecule has 0 saturated carbocycles. The van der Waals surface area contributed by atoms with Gasteiger partial charge in [-0.05, 0) is 37.3 Å². The normalized spacial score (nSPS) is 17.2. The first-order chi connectivity index (χ1) is 13.6. The number of benzene rings is 1. The second-order valence-electron chi connectivity index (χ2n) is 6.95. The molecule has 3 heterocycles. The van der Waals surface area contributed by atoms with Crippen LogP contribution in [-0.4, -0.2) is 70.5 Å². The maximum absolute atomic E-state index is 13.5. The van der Waals surface area contributed by atoms with Crippen molar-refractivity contribution in [3.63, 3.8) is 0 Å². The highest BCUT2D eigenvalue weighted by molar-refractivity contribution is 6.07. The Balaban J connectivity index is 1.81. The van der Waals surface area contributed by atoms with E-state index in [2.05, 4.69) is 20.5 Å². The minimum absolute atomic E-state index is 0.0289. The summed E-state index contributed by atoms with van der Waals surface area (Å²) in [5, 5.41) is 20.8. The SMILES string of the molecule is COC[C@H]1CNCCN1C(=O)c1cc(-c2ccc(O)cc2)nc2[nH]nc(C)c12. The van der Waals surface area contributed by atoms with Gasteiger partial charge < -0.3 is 20.1 Å². The number of aromatic nitrogens is 3. The van der Waals surface area contributed by atoms with Crippen LogP contribution in [-0.2, 0) is 4.74 Å². The van der Waals surface area contributed by atoms with E-state index in [1.807, 2.05) is 17.9 Å². The molecule has 1 aliphatic rings. The van der Waals surface area contributed by atoms with E-state index in [1.54, 1.807) is 31.4 Å². The number of nitrogens with one attached hydrogen (secondary N) is 2. The van der Waals surface area contributed by atoms with Crippen LogP contribution in [0.5, 0.6) is 5.75 Å². The van der Waals surface area contributed by atoms with E-state index in [0.717, 1.165) is 23.2 Å². The number of phenols is 1. The van der Waals surface area contributed by atoms with E-state index in [-0.39, 0.29) is 17.7 Å². The fraction of sp³-hybridized carbons (Fsp3) is 0.350. The predicted molar refractivity (Wildman–Crippen MR) is 105 cm³/mol. The van der Waals surface area contributed by atoms with Crippen molar-refractivity contribution in [1.29, 1.82) is 0 Å². The number of hydrogen-bond acceptors (Lipinski definition) is 6. The Morgan fingerprint density at radius 1 is 1.36 bits per heavy atom. The Morgan fingerprint density at radius 3 is 2.89 bits per heavy atom. The second kappa shape index (κ2) is 7.57. The van der Waals surface area contributed by atoms with E-state index in [0.29, 0.717) is 36.6 Å². The summed E-state index contributed by atoms with van der Waals surface area (Å²) in [6.45, 7) is 4.39. The quantitative estimate of drug-likeness (QED) is 0.636. The van der Waals surface area contributed by atoms with E-state index in [9.17, 15) is 9.90 Å². The number of aromatic amines is 1. The van der Waals surface area contributed by atoms with Crippen LogP contribution in [0.25, 0.3) is 22.3 Å². The summed E-state index contributed by atoms with van der Waals surface area (Å²) < 4.78 is 5.31. The van der Waals surface area contributed by atoms with Gasteiger partial charge in [-0.1, -0.05) is 0 Å². The summed E-state index contributed by atoms with van der Waals surface area (Å²) in [4.78, 5) is 20.0. The van der Waals surface area contributed by atoms with Crippen LogP contribution in [0.15, 0.2) is 30.3 Å². The Bertz CT molecular complexity index is 997. The minimum Gasteiger partial charge on any atom is -0.508 e. The molecule has 0 aliphatic carbocycles. The van der Waals surface area contributed by atoms with Crippen molar-refractivity contribution in [2.45, 2.75) is 13.0 Å². The monoisotopic (exact) mass is 381 g/mol. The van der Waals surface area contributed by atoms with E-state index in [1.165, 1.54) is 0 Å². The standard InChI is InChI=1S/C20H23N5O3/c1-12-18-16(20(27)25-8-7-21-10-14(25)11-28-2)9-17(22-19(18)24-23-12)13-3-5-15(26)6-4-13/h3-6,9,14,21,26H,7-8,10-11H2,1-2H3,(H,22,23,24)/t14-/m1/s1. The van der Waals surface area contributed by atoms with Crippen LogP contribution >= 0.6 is 0 Å². The third kappa shape index (κ3) is 3.32. The van der Waals surface area contributed by atoms with Gasteiger partial charge in [0.1, 0.15) is 5.75 Å². The van der Waals surface area contributed by atoms with Gasteiger partial charge in [0.05, 0.1) is 35.0 Å². The molecule has 3 N–H and O–H groups in total. The summed E-state index contributed by atoms with van der Waals surface area (Å²) in [7, 11) is 1.64. The van der Waals surface area contributed by atoms with Crippen LogP contribution in [0.2, 0.25) is 0 Å². The largest absolute Gasteiger partial charge is 0.508 e. The first kappa shape index (κ1) is 18.4. The molecule has 1 amide bonds. The van der Waals surface area contributed by atoms with Crippen LogP contribution in [0.1, 0.15) is 16.1 Å². The lowest BCUT2D eigenvalue weighted by molar-refractivity contribution is 0.0468. The number of aryl methyl sites for hydroxylation is 1.